The third-order valence-corrected chi connectivity index (χ3v) is 5.89. The lowest BCUT2D eigenvalue weighted by Gasteiger charge is -2.23. The number of nitrogens with one attached hydrogen (secondary N) is 1. The van der Waals surface area contributed by atoms with Gasteiger partial charge in [0.1, 0.15) is 5.75 Å². The van der Waals surface area contributed by atoms with Crippen LogP contribution in [0.25, 0.3) is 0 Å². The number of amides is 1. The van der Waals surface area contributed by atoms with Crippen molar-refractivity contribution in [3.05, 3.63) is 89.2 Å². The zero-order valence-electron chi connectivity index (χ0n) is 16.9. The summed E-state index contributed by atoms with van der Waals surface area (Å²) in [4.78, 5) is 16.0. The molecule has 0 aliphatic heterocycles. The number of aromatic nitrogens is 1. The molecule has 3 rings (SSSR count). The Morgan fingerprint density at radius 1 is 1.10 bits per heavy atom. The van der Waals surface area contributed by atoms with Crippen LogP contribution in [0, 0.1) is 0 Å². The van der Waals surface area contributed by atoms with E-state index in [0.29, 0.717) is 28.6 Å². The van der Waals surface area contributed by atoms with Crippen LogP contribution in [0.1, 0.15) is 11.1 Å². The van der Waals surface area contributed by atoms with E-state index in [1.54, 1.807) is 67.0 Å². The minimum atomic E-state index is -3.54. The summed E-state index contributed by atoms with van der Waals surface area (Å²) in [5.74, 6) is 0.177. The first-order chi connectivity index (χ1) is 14.8. The molecule has 1 heterocycles. The van der Waals surface area contributed by atoms with Crippen molar-refractivity contribution in [3.8, 4) is 5.75 Å². The maximum Gasteiger partial charge on any atom is 0.258 e. The molecule has 0 radical (unpaired) electrons. The van der Waals surface area contributed by atoms with Crippen molar-refractivity contribution >= 4 is 33.2 Å². The highest BCUT2D eigenvalue weighted by Crippen LogP contribution is 2.26. The second-order valence-electron chi connectivity index (χ2n) is 6.78. The summed E-state index contributed by atoms with van der Waals surface area (Å²) >= 11 is 6.18. The summed E-state index contributed by atoms with van der Waals surface area (Å²) < 4.78 is 31.4. The topological polar surface area (TPSA) is 88.6 Å². The van der Waals surface area contributed by atoms with E-state index in [9.17, 15) is 13.2 Å². The van der Waals surface area contributed by atoms with Crippen molar-refractivity contribution in [2.24, 2.45) is 0 Å². The van der Waals surface area contributed by atoms with Gasteiger partial charge in [0.15, 0.2) is 6.61 Å². The Hall–Kier alpha value is -3.10. The van der Waals surface area contributed by atoms with E-state index in [1.165, 1.54) is 4.31 Å². The highest BCUT2D eigenvalue weighted by molar-refractivity contribution is 7.92. The SMILES string of the molecule is CS(=O)(=O)N(Cc1ccccc1Cl)c1ccc(OCC(=O)NCc2cccnc2)cc1. The summed E-state index contributed by atoms with van der Waals surface area (Å²) in [6.07, 6.45) is 4.48. The highest BCUT2D eigenvalue weighted by Gasteiger charge is 2.19. The van der Waals surface area contributed by atoms with Crippen molar-refractivity contribution in [1.82, 2.24) is 10.3 Å². The molecule has 162 valence electrons. The molecule has 1 N–H and O–H groups in total. The fourth-order valence-electron chi connectivity index (χ4n) is 2.79. The molecule has 0 unspecified atom stereocenters. The number of ether oxygens (including phenoxy) is 1. The molecule has 0 fully saturated rings. The van der Waals surface area contributed by atoms with E-state index in [1.807, 2.05) is 6.07 Å². The van der Waals surface area contributed by atoms with Crippen molar-refractivity contribution in [1.29, 1.82) is 0 Å². The number of carbonyl (C=O) groups is 1. The fraction of sp³-hybridized carbons (Fsp3) is 0.182. The molecule has 3 aromatic rings. The lowest BCUT2D eigenvalue weighted by molar-refractivity contribution is -0.123. The van der Waals surface area contributed by atoms with Gasteiger partial charge in [0.25, 0.3) is 5.91 Å². The highest BCUT2D eigenvalue weighted by atomic mass is 35.5. The van der Waals surface area contributed by atoms with Crippen molar-refractivity contribution in [3.63, 3.8) is 0 Å². The van der Waals surface area contributed by atoms with Crippen molar-refractivity contribution in [2.75, 3.05) is 17.2 Å². The Balaban J connectivity index is 1.60. The van der Waals surface area contributed by atoms with Gasteiger partial charge in [-0.2, -0.15) is 0 Å². The normalized spacial score (nSPS) is 11.0. The van der Waals surface area contributed by atoms with Gasteiger partial charge in [0, 0.05) is 24.0 Å². The second-order valence-corrected chi connectivity index (χ2v) is 9.10. The third kappa shape index (κ3) is 6.70. The van der Waals surface area contributed by atoms with E-state index in [-0.39, 0.29) is 19.1 Å². The van der Waals surface area contributed by atoms with Crippen LogP contribution in [0.15, 0.2) is 73.1 Å². The Labute approximate surface area is 186 Å². The molecule has 0 spiro atoms. The number of benzene rings is 2. The smallest absolute Gasteiger partial charge is 0.258 e. The number of pyridine rings is 1. The largest absolute Gasteiger partial charge is 0.484 e. The quantitative estimate of drug-likeness (QED) is 0.529. The van der Waals surface area contributed by atoms with E-state index >= 15 is 0 Å². The summed E-state index contributed by atoms with van der Waals surface area (Å²) in [7, 11) is -3.54. The maximum absolute atomic E-state index is 12.3. The van der Waals surface area contributed by atoms with Crippen LogP contribution >= 0.6 is 11.6 Å². The number of hydrogen-bond donors (Lipinski definition) is 1. The van der Waals surface area contributed by atoms with Crippen LogP contribution in [0.2, 0.25) is 5.02 Å². The lowest BCUT2D eigenvalue weighted by Crippen LogP contribution is -2.29. The van der Waals surface area contributed by atoms with Crippen LogP contribution in [0.4, 0.5) is 5.69 Å². The molecule has 1 amide bonds. The Morgan fingerprint density at radius 2 is 1.84 bits per heavy atom. The number of sulfonamides is 1. The molecule has 0 aliphatic rings. The van der Waals surface area contributed by atoms with Crippen LogP contribution in [-0.2, 0) is 27.9 Å². The van der Waals surface area contributed by atoms with Crippen LogP contribution < -0.4 is 14.4 Å². The molecule has 9 heteroatoms. The molecule has 0 saturated carbocycles. The number of carbonyl (C=O) groups excluding carboxylic acids is 1. The predicted molar refractivity (Wildman–Crippen MR) is 120 cm³/mol. The van der Waals surface area contributed by atoms with Crippen LogP contribution in [0.3, 0.4) is 0 Å². The van der Waals surface area contributed by atoms with Crippen LogP contribution in [-0.4, -0.2) is 32.2 Å². The number of hydrogen-bond acceptors (Lipinski definition) is 5. The average molecular weight is 460 g/mol. The fourth-order valence-corrected chi connectivity index (χ4v) is 3.87. The van der Waals surface area contributed by atoms with E-state index < -0.39 is 10.0 Å². The van der Waals surface area contributed by atoms with E-state index in [0.717, 1.165) is 11.8 Å². The first-order valence-electron chi connectivity index (χ1n) is 9.42. The molecular weight excluding hydrogens is 438 g/mol. The van der Waals surface area contributed by atoms with Crippen molar-refractivity contribution < 1.29 is 17.9 Å². The maximum atomic E-state index is 12.3. The Bertz CT molecular complexity index is 1120. The average Bonchev–Trinajstić information content (AvgIpc) is 2.76. The first kappa shape index (κ1) is 22.6. The summed E-state index contributed by atoms with van der Waals surface area (Å²) in [6, 6.07) is 17.2. The van der Waals surface area contributed by atoms with Gasteiger partial charge in [0.2, 0.25) is 10.0 Å². The van der Waals surface area contributed by atoms with Crippen molar-refractivity contribution in [2.45, 2.75) is 13.1 Å². The van der Waals surface area contributed by atoms with Gasteiger partial charge in [-0.15, -0.1) is 0 Å². The van der Waals surface area contributed by atoms with E-state index in [2.05, 4.69) is 10.3 Å². The number of nitrogens with zero attached hydrogens (tertiary/aromatic N) is 2. The number of rotatable bonds is 9. The molecule has 2 aromatic carbocycles. The Kier molecular flexibility index (Phi) is 7.49. The summed E-state index contributed by atoms with van der Waals surface area (Å²) in [5, 5.41) is 3.24. The molecule has 0 atom stereocenters. The van der Waals surface area contributed by atoms with Gasteiger partial charge in [-0.1, -0.05) is 35.9 Å². The van der Waals surface area contributed by atoms with Gasteiger partial charge in [0.05, 0.1) is 18.5 Å². The van der Waals surface area contributed by atoms with Crippen LogP contribution in [0.5, 0.6) is 5.75 Å². The molecule has 0 saturated heterocycles. The molecule has 1 aromatic heterocycles. The number of anilines is 1. The zero-order chi connectivity index (χ0) is 22.3. The van der Waals surface area contributed by atoms with Gasteiger partial charge in [-0.3, -0.25) is 14.1 Å². The summed E-state index contributed by atoms with van der Waals surface area (Å²) in [6.45, 7) is 0.310. The third-order valence-electron chi connectivity index (χ3n) is 4.38. The molecule has 0 bridgehead atoms. The molecule has 31 heavy (non-hydrogen) atoms. The van der Waals surface area contributed by atoms with Gasteiger partial charge >= 0.3 is 0 Å². The standard InChI is InChI=1S/C22H22ClN3O4S/c1-31(28,29)26(15-18-6-2-3-7-21(18)23)19-8-10-20(11-9-19)30-16-22(27)25-14-17-5-4-12-24-13-17/h2-13H,14-16H2,1H3,(H,25,27). The minimum absolute atomic E-state index is 0.107. The monoisotopic (exact) mass is 459 g/mol. The molecule has 0 aliphatic carbocycles. The van der Waals surface area contributed by atoms with Gasteiger partial charge < -0.3 is 10.1 Å². The first-order valence-corrected chi connectivity index (χ1v) is 11.6. The lowest BCUT2D eigenvalue weighted by atomic mass is 10.2. The minimum Gasteiger partial charge on any atom is -0.484 e. The molecular formula is C22H22ClN3O4S. The van der Waals surface area contributed by atoms with E-state index in [4.69, 9.17) is 16.3 Å². The zero-order valence-corrected chi connectivity index (χ0v) is 18.4. The molecule has 7 nitrogen and oxygen atoms in total. The second kappa shape index (κ2) is 10.3. The van der Waals surface area contributed by atoms with Gasteiger partial charge in [-0.05, 0) is 47.5 Å². The number of halogens is 1. The van der Waals surface area contributed by atoms with Gasteiger partial charge in [-0.25, -0.2) is 8.42 Å². The Morgan fingerprint density at radius 3 is 2.48 bits per heavy atom. The predicted octanol–water partition coefficient (Wildman–Crippen LogP) is 3.40. The summed E-state index contributed by atoms with van der Waals surface area (Å²) in [5.41, 5.74) is 2.05.